The maximum absolute atomic E-state index is 5.78. The van der Waals surface area contributed by atoms with E-state index < -0.39 is 0 Å². The molecule has 0 saturated carbocycles. The van der Waals surface area contributed by atoms with Crippen LogP contribution in [-0.2, 0) is 4.74 Å². The highest BCUT2D eigenvalue weighted by Gasteiger charge is 2.28. The lowest BCUT2D eigenvalue weighted by Crippen LogP contribution is -2.45. The molecule has 3 heteroatoms. The van der Waals surface area contributed by atoms with E-state index >= 15 is 0 Å². The highest BCUT2D eigenvalue weighted by atomic mass is 16.5. The molecule has 0 spiro atoms. The molecule has 3 aliphatic rings. The molecule has 3 fully saturated rings. The van der Waals surface area contributed by atoms with Gasteiger partial charge in [0.2, 0.25) is 0 Å². The molecule has 2 atom stereocenters. The maximum atomic E-state index is 5.78. The molecule has 3 nitrogen and oxygen atoms in total. The lowest BCUT2D eigenvalue weighted by atomic mass is 10.0. The van der Waals surface area contributed by atoms with Gasteiger partial charge >= 0.3 is 0 Å². The van der Waals surface area contributed by atoms with Crippen molar-refractivity contribution in [2.75, 3.05) is 39.3 Å². The monoisotopic (exact) mass is 238 g/mol. The third kappa shape index (κ3) is 3.01. The number of hydrogen-bond acceptors (Lipinski definition) is 3. The Morgan fingerprint density at radius 1 is 0.941 bits per heavy atom. The van der Waals surface area contributed by atoms with Gasteiger partial charge in [0.05, 0.1) is 6.10 Å². The van der Waals surface area contributed by atoms with E-state index in [1.54, 1.807) is 0 Å². The van der Waals surface area contributed by atoms with Crippen LogP contribution in [0.4, 0.5) is 0 Å². The van der Waals surface area contributed by atoms with Crippen LogP contribution >= 0.6 is 0 Å². The van der Waals surface area contributed by atoms with Crippen LogP contribution in [0.5, 0.6) is 0 Å². The van der Waals surface area contributed by atoms with Crippen molar-refractivity contribution < 1.29 is 4.74 Å². The van der Waals surface area contributed by atoms with Crippen LogP contribution in [-0.4, -0.2) is 61.3 Å². The Labute approximate surface area is 105 Å². The van der Waals surface area contributed by atoms with Crippen LogP contribution < -0.4 is 0 Å². The minimum atomic E-state index is 0.533. The Bertz CT molecular complexity index is 240. The zero-order valence-corrected chi connectivity index (χ0v) is 10.9. The predicted octanol–water partition coefficient (Wildman–Crippen LogP) is 1.73. The minimum Gasteiger partial charge on any atom is -0.377 e. The molecule has 0 amide bonds. The van der Waals surface area contributed by atoms with E-state index in [0.29, 0.717) is 6.10 Å². The van der Waals surface area contributed by atoms with Crippen LogP contribution in [0.25, 0.3) is 0 Å². The fraction of sp³-hybridized carbons (Fsp3) is 1.00. The molecule has 0 bridgehead atoms. The van der Waals surface area contributed by atoms with Gasteiger partial charge in [0.15, 0.2) is 0 Å². The molecule has 3 heterocycles. The van der Waals surface area contributed by atoms with E-state index in [2.05, 4.69) is 9.80 Å². The summed E-state index contributed by atoms with van der Waals surface area (Å²) in [6, 6.07) is 0.840. The average molecular weight is 238 g/mol. The van der Waals surface area contributed by atoms with Crippen molar-refractivity contribution in [1.29, 1.82) is 0 Å². The summed E-state index contributed by atoms with van der Waals surface area (Å²) >= 11 is 0. The normalized spacial score (nSPS) is 36.7. The van der Waals surface area contributed by atoms with E-state index in [1.807, 2.05) is 0 Å². The summed E-state index contributed by atoms with van der Waals surface area (Å²) in [6.07, 6.45) is 8.71. The Morgan fingerprint density at radius 2 is 1.88 bits per heavy atom. The van der Waals surface area contributed by atoms with Crippen molar-refractivity contribution in [3.05, 3.63) is 0 Å². The molecule has 17 heavy (non-hydrogen) atoms. The Morgan fingerprint density at radius 3 is 2.76 bits per heavy atom. The van der Waals surface area contributed by atoms with Crippen LogP contribution in [0, 0.1) is 0 Å². The fourth-order valence-electron chi connectivity index (χ4n) is 3.69. The molecule has 0 N–H and O–H groups in total. The molecule has 0 aliphatic carbocycles. The first-order valence-electron chi connectivity index (χ1n) is 7.50. The molecular weight excluding hydrogens is 212 g/mol. The van der Waals surface area contributed by atoms with Crippen LogP contribution in [0.3, 0.4) is 0 Å². The van der Waals surface area contributed by atoms with Gasteiger partial charge < -0.3 is 4.74 Å². The molecular formula is C14H26N2O. The number of fused-ring (bicyclic) bond motifs is 1. The second-order valence-corrected chi connectivity index (χ2v) is 5.93. The lowest BCUT2D eigenvalue weighted by Gasteiger charge is -2.35. The maximum Gasteiger partial charge on any atom is 0.0702 e. The number of hydrogen-bond donors (Lipinski definition) is 0. The van der Waals surface area contributed by atoms with Gasteiger partial charge in [-0.2, -0.15) is 0 Å². The fourth-order valence-corrected chi connectivity index (χ4v) is 3.69. The molecule has 98 valence electrons. The summed E-state index contributed by atoms with van der Waals surface area (Å²) in [5, 5.41) is 0. The van der Waals surface area contributed by atoms with Crippen LogP contribution in [0.15, 0.2) is 0 Å². The number of ether oxygens (including phenoxy) is 1. The van der Waals surface area contributed by atoms with Gasteiger partial charge in [-0.3, -0.25) is 9.80 Å². The molecule has 3 saturated heterocycles. The largest absolute Gasteiger partial charge is 0.377 e. The van der Waals surface area contributed by atoms with Gasteiger partial charge in [0.25, 0.3) is 0 Å². The van der Waals surface area contributed by atoms with Gasteiger partial charge in [0.1, 0.15) is 0 Å². The van der Waals surface area contributed by atoms with Crippen LogP contribution in [0.2, 0.25) is 0 Å². The molecule has 2 unspecified atom stereocenters. The summed E-state index contributed by atoms with van der Waals surface area (Å²) in [4.78, 5) is 5.41. The zero-order valence-electron chi connectivity index (χ0n) is 10.9. The second-order valence-electron chi connectivity index (χ2n) is 5.93. The van der Waals surface area contributed by atoms with Gasteiger partial charge in [-0.1, -0.05) is 6.42 Å². The average Bonchev–Trinajstić information content (AvgIpc) is 2.76. The zero-order chi connectivity index (χ0) is 11.5. The standard InChI is InChI=1S/C14H26N2O/c1-2-8-16-9-4-7-15(11-13(16)5-1)12-14-6-3-10-17-14/h13-14H,1-12H2. The topological polar surface area (TPSA) is 15.7 Å². The van der Waals surface area contributed by atoms with Crippen molar-refractivity contribution in [1.82, 2.24) is 9.80 Å². The molecule has 0 aromatic heterocycles. The summed E-state index contributed by atoms with van der Waals surface area (Å²) in [6.45, 7) is 7.43. The Balaban J connectivity index is 1.54. The third-order valence-electron chi connectivity index (χ3n) is 4.62. The van der Waals surface area contributed by atoms with Crippen molar-refractivity contribution >= 4 is 0 Å². The Kier molecular flexibility index (Phi) is 3.99. The first kappa shape index (κ1) is 11.9. The van der Waals surface area contributed by atoms with Crippen molar-refractivity contribution in [3.8, 4) is 0 Å². The molecule has 0 aromatic rings. The van der Waals surface area contributed by atoms with Gasteiger partial charge in [-0.15, -0.1) is 0 Å². The van der Waals surface area contributed by atoms with Gasteiger partial charge in [-0.25, -0.2) is 0 Å². The number of rotatable bonds is 2. The quantitative estimate of drug-likeness (QED) is 0.728. The minimum absolute atomic E-state index is 0.533. The third-order valence-corrected chi connectivity index (χ3v) is 4.62. The second kappa shape index (κ2) is 5.68. The molecule has 0 radical (unpaired) electrons. The summed E-state index contributed by atoms with van der Waals surface area (Å²) in [7, 11) is 0. The lowest BCUT2D eigenvalue weighted by molar-refractivity contribution is 0.0648. The van der Waals surface area contributed by atoms with E-state index in [4.69, 9.17) is 4.74 Å². The van der Waals surface area contributed by atoms with Crippen molar-refractivity contribution in [2.45, 2.75) is 50.7 Å². The molecule has 0 aromatic carbocycles. The number of nitrogens with zero attached hydrogens (tertiary/aromatic N) is 2. The highest BCUT2D eigenvalue weighted by Crippen LogP contribution is 2.22. The molecule has 3 rings (SSSR count). The Hall–Kier alpha value is -0.120. The summed E-state index contributed by atoms with van der Waals surface area (Å²) < 4.78 is 5.78. The van der Waals surface area contributed by atoms with Crippen LogP contribution in [0.1, 0.15) is 38.5 Å². The first-order valence-corrected chi connectivity index (χ1v) is 7.50. The van der Waals surface area contributed by atoms with Gasteiger partial charge in [0, 0.05) is 25.7 Å². The summed E-state index contributed by atoms with van der Waals surface area (Å²) in [5.41, 5.74) is 0. The van der Waals surface area contributed by atoms with E-state index in [9.17, 15) is 0 Å². The van der Waals surface area contributed by atoms with Crippen molar-refractivity contribution in [3.63, 3.8) is 0 Å². The predicted molar refractivity (Wildman–Crippen MR) is 69.2 cm³/mol. The smallest absolute Gasteiger partial charge is 0.0702 e. The highest BCUT2D eigenvalue weighted by molar-refractivity contribution is 4.84. The van der Waals surface area contributed by atoms with E-state index in [0.717, 1.165) is 12.6 Å². The van der Waals surface area contributed by atoms with Gasteiger partial charge in [-0.05, 0) is 51.7 Å². The van der Waals surface area contributed by atoms with E-state index in [1.165, 1.54) is 71.2 Å². The molecule has 3 aliphatic heterocycles. The van der Waals surface area contributed by atoms with Crippen molar-refractivity contribution in [2.24, 2.45) is 0 Å². The van der Waals surface area contributed by atoms with E-state index in [-0.39, 0.29) is 0 Å². The first-order chi connectivity index (χ1) is 8.42. The SMILES string of the molecule is C1COC(CN2CCCN3CCCCC3C2)C1. The summed E-state index contributed by atoms with van der Waals surface area (Å²) in [5.74, 6) is 0. The number of piperidine rings is 1.